The van der Waals surface area contributed by atoms with Crippen molar-refractivity contribution >= 4 is 11.8 Å². The van der Waals surface area contributed by atoms with Gasteiger partial charge in [-0.15, -0.1) is 0 Å². The molecule has 1 saturated carbocycles. The zero-order valence-corrected chi connectivity index (χ0v) is 10.2. The Balaban J connectivity index is 1.72. The van der Waals surface area contributed by atoms with Gasteiger partial charge in [0.1, 0.15) is 0 Å². The fourth-order valence-corrected chi connectivity index (χ4v) is 2.58. The smallest absolute Gasteiger partial charge is 0.239 e. The van der Waals surface area contributed by atoms with E-state index in [0.717, 1.165) is 38.6 Å². The van der Waals surface area contributed by atoms with Crippen LogP contribution in [0.25, 0.3) is 0 Å². The van der Waals surface area contributed by atoms with Crippen LogP contribution in [0, 0.1) is 0 Å². The maximum absolute atomic E-state index is 11.8. The minimum absolute atomic E-state index is 0.0271. The Morgan fingerprint density at radius 2 is 2.06 bits per heavy atom. The molecule has 1 aliphatic carbocycles. The first-order valence-electron chi connectivity index (χ1n) is 6.48. The normalized spacial score (nSPS) is 29.5. The molecule has 0 aromatic heterocycles. The van der Waals surface area contributed by atoms with Crippen molar-refractivity contribution in [2.24, 2.45) is 5.73 Å². The number of rotatable bonds is 3. The van der Waals surface area contributed by atoms with E-state index in [0.29, 0.717) is 12.5 Å². The molecule has 2 aliphatic rings. The van der Waals surface area contributed by atoms with E-state index in [9.17, 15) is 9.59 Å². The Morgan fingerprint density at radius 1 is 1.35 bits per heavy atom. The highest BCUT2D eigenvalue weighted by Gasteiger charge is 2.24. The molecule has 0 unspecified atom stereocenters. The van der Waals surface area contributed by atoms with E-state index in [4.69, 9.17) is 5.73 Å². The van der Waals surface area contributed by atoms with Crippen LogP contribution >= 0.6 is 0 Å². The van der Waals surface area contributed by atoms with Crippen LogP contribution < -0.4 is 11.1 Å². The summed E-state index contributed by atoms with van der Waals surface area (Å²) in [5.41, 5.74) is 5.81. The van der Waals surface area contributed by atoms with Crippen molar-refractivity contribution in [2.45, 2.75) is 50.6 Å². The molecule has 0 atom stereocenters. The van der Waals surface area contributed by atoms with Crippen LogP contribution in [0.5, 0.6) is 0 Å². The SMILES string of the molecule is NC1CCC(NC(=O)CN2CCCC2=O)CC1. The zero-order chi connectivity index (χ0) is 12.3. The quantitative estimate of drug-likeness (QED) is 0.727. The third kappa shape index (κ3) is 3.43. The molecule has 1 aliphatic heterocycles. The number of nitrogens with one attached hydrogen (secondary N) is 1. The zero-order valence-electron chi connectivity index (χ0n) is 10.2. The highest BCUT2D eigenvalue weighted by atomic mass is 16.2. The molecule has 0 aromatic rings. The Labute approximate surface area is 102 Å². The van der Waals surface area contributed by atoms with Gasteiger partial charge >= 0.3 is 0 Å². The number of nitrogens with two attached hydrogens (primary N) is 1. The van der Waals surface area contributed by atoms with Crippen LogP contribution in [0.1, 0.15) is 38.5 Å². The Bertz CT molecular complexity index is 298. The first-order valence-corrected chi connectivity index (χ1v) is 6.48. The monoisotopic (exact) mass is 239 g/mol. The first kappa shape index (κ1) is 12.4. The molecule has 0 spiro atoms. The lowest BCUT2D eigenvalue weighted by Gasteiger charge is -2.27. The fraction of sp³-hybridized carbons (Fsp3) is 0.833. The van der Waals surface area contributed by atoms with Gasteiger partial charge in [-0.25, -0.2) is 0 Å². The maximum atomic E-state index is 11.8. The molecular weight excluding hydrogens is 218 g/mol. The minimum atomic E-state index is -0.0271. The Morgan fingerprint density at radius 3 is 2.65 bits per heavy atom. The summed E-state index contributed by atoms with van der Waals surface area (Å²) >= 11 is 0. The highest BCUT2D eigenvalue weighted by molar-refractivity contribution is 5.85. The number of likely N-dealkylation sites (tertiary alicyclic amines) is 1. The molecule has 0 bridgehead atoms. The van der Waals surface area contributed by atoms with Crippen molar-refractivity contribution in [3.8, 4) is 0 Å². The lowest BCUT2D eigenvalue weighted by molar-refractivity contribution is -0.133. The molecule has 17 heavy (non-hydrogen) atoms. The molecular formula is C12H21N3O2. The number of amides is 2. The predicted molar refractivity (Wildman–Crippen MR) is 64.2 cm³/mol. The van der Waals surface area contributed by atoms with Gasteiger partial charge in [0.25, 0.3) is 0 Å². The van der Waals surface area contributed by atoms with E-state index in [1.807, 2.05) is 0 Å². The summed E-state index contributed by atoms with van der Waals surface area (Å²) in [7, 11) is 0. The second-order valence-corrected chi connectivity index (χ2v) is 5.10. The van der Waals surface area contributed by atoms with Crippen LogP contribution in [0.2, 0.25) is 0 Å². The van der Waals surface area contributed by atoms with Crippen molar-refractivity contribution in [3.05, 3.63) is 0 Å². The average Bonchev–Trinajstić information content (AvgIpc) is 2.68. The molecule has 5 nitrogen and oxygen atoms in total. The summed E-state index contributed by atoms with van der Waals surface area (Å²) in [6, 6.07) is 0.545. The van der Waals surface area contributed by atoms with Crippen LogP contribution in [0.15, 0.2) is 0 Å². The van der Waals surface area contributed by atoms with Crippen LogP contribution in [-0.2, 0) is 9.59 Å². The van der Waals surface area contributed by atoms with Crippen LogP contribution in [0.3, 0.4) is 0 Å². The number of hydrogen-bond donors (Lipinski definition) is 2. The third-order valence-electron chi connectivity index (χ3n) is 3.64. The van der Waals surface area contributed by atoms with Gasteiger partial charge < -0.3 is 16.0 Å². The standard InChI is InChI=1S/C12H21N3O2/c13-9-3-5-10(6-4-9)14-11(16)8-15-7-1-2-12(15)17/h9-10H,1-8,13H2,(H,14,16). The summed E-state index contributed by atoms with van der Waals surface area (Å²) in [6.07, 6.45) is 5.35. The summed E-state index contributed by atoms with van der Waals surface area (Å²) in [5, 5.41) is 3.00. The van der Waals surface area contributed by atoms with E-state index in [-0.39, 0.29) is 24.4 Å². The summed E-state index contributed by atoms with van der Waals surface area (Å²) in [6.45, 7) is 0.948. The lowest BCUT2D eigenvalue weighted by atomic mass is 9.92. The van der Waals surface area contributed by atoms with E-state index >= 15 is 0 Å². The average molecular weight is 239 g/mol. The second kappa shape index (κ2) is 5.49. The van der Waals surface area contributed by atoms with E-state index in [1.54, 1.807) is 4.90 Å². The fourth-order valence-electron chi connectivity index (χ4n) is 2.58. The number of carbonyl (C=O) groups excluding carboxylic acids is 2. The molecule has 96 valence electrons. The van der Waals surface area contributed by atoms with Crippen molar-refractivity contribution < 1.29 is 9.59 Å². The number of carbonyl (C=O) groups is 2. The van der Waals surface area contributed by atoms with Gasteiger partial charge in [-0.1, -0.05) is 0 Å². The molecule has 2 rings (SSSR count). The lowest BCUT2D eigenvalue weighted by Crippen LogP contribution is -2.45. The summed E-state index contributed by atoms with van der Waals surface area (Å²) in [4.78, 5) is 24.8. The largest absolute Gasteiger partial charge is 0.352 e. The second-order valence-electron chi connectivity index (χ2n) is 5.10. The third-order valence-corrected chi connectivity index (χ3v) is 3.64. The van der Waals surface area contributed by atoms with Crippen LogP contribution in [0.4, 0.5) is 0 Å². The van der Waals surface area contributed by atoms with Crippen molar-refractivity contribution in [2.75, 3.05) is 13.1 Å². The van der Waals surface area contributed by atoms with E-state index < -0.39 is 0 Å². The molecule has 2 amide bonds. The highest BCUT2D eigenvalue weighted by Crippen LogP contribution is 2.17. The first-order chi connectivity index (χ1) is 8.15. The van der Waals surface area contributed by atoms with Gasteiger partial charge in [-0.2, -0.15) is 0 Å². The van der Waals surface area contributed by atoms with E-state index in [2.05, 4.69) is 5.32 Å². The predicted octanol–water partition coefficient (Wildman–Crippen LogP) is -0.00510. The van der Waals surface area contributed by atoms with Crippen molar-refractivity contribution in [3.63, 3.8) is 0 Å². The molecule has 2 fully saturated rings. The van der Waals surface area contributed by atoms with Gasteiger partial charge in [0.15, 0.2) is 0 Å². The van der Waals surface area contributed by atoms with Gasteiger partial charge in [0.05, 0.1) is 6.54 Å². The molecule has 3 N–H and O–H groups in total. The topological polar surface area (TPSA) is 75.4 Å². The Kier molecular flexibility index (Phi) is 3.99. The number of nitrogens with zero attached hydrogens (tertiary/aromatic N) is 1. The Hall–Kier alpha value is -1.10. The van der Waals surface area contributed by atoms with Crippen molar-refractivity contribution in [1.82, 2.24) is 10.2 Å². The molecule has 0 aromatic carbocycles. The molecule has 1 saturated heterocycles. The molecule has 0 radical (unpaired) electrons. The minimum Gasteiger partial charge on any atom is -0.352 e. The number of hydrogen-bond acceptors (Lipinski definition) is 3. The maximum Gasteiger partial charge on any atom is 0.239 e. The van der Waals surface area contributed by atoms with Gasteiger partial charge in [0, 0.05) is 25.0 Å². The van der Waals surface area contributed by atoms with Gasteiger partial charge in [-0.05, 0) is 32.1 Å². The van der Waals surface area contributed by atoms with E-state index in [1.165, 1.54) is 0 Å². The summed E-state index contributed by atoms with van der Waals surface area (Å²) in [5.74, 6) is 0.0755. The summed E-state index contributed by atoms with van der Waals surface area (Å²) < 4.78 is 0. The van der Waals surface area contributed by atoms with Crippen LogP contribution in [-0.4, -0.2) is 41.9 Å². The van der Waals surface area contributed by atoms with Gasteiger partial charge in [-0.3, -0.25) is 9.59 Å². The molecule has 5 heteroatoms. The molecule has 1 heterocycles. The van der Waals surface area contributed by atoms with Crippen molar-refractivity contribution in [1.29, 1.82) is 0 Å². The van der Waals surface area contributed by atoms with Gasteiger partial charge in [0.2, 0.25) is 11.8 Å².